The number of amides is 2. The molecule has 0 radical (unpaired) electrons. The van der Waals surface area contributed by atoms with Gasteiger partial charge in [-0.3, -0.25) is 14.8 Å². The molecule has 2 aromatic rings. The molecule has 27 heavy (non-hydrogen) atoms. The number of carbonyl (C=O) groups is 2. The summed E-state index contributed by atoms with van der Waals surface area (Å²) in [5.41, 5.74) is 5.28. The second-order valence-electron chi connectivity index (χ2n) is 6.52. The molecule has 3 rings (SSSR count). The standard InChI is InChI=1S/C21H23N3O3/c1-16-5-4-7-18(15-16)21(26)24-13-11-23(12-14-24)19-8-3-2-6-17(19)9-10-20(25)22-27/h2-10,15,27H,11-14H2,1H3,(H,22,25). The molecule has 2 aromatic carbocycles. The monoisotopic (exact) mass is 365 g/mol. The van der Waals surface area contributed by atoms with E-state index in [2.05, 4.69) is 4.90 Å². The molecule has 1 heterocycles. The van der Waals surface area contributed by atoms with Gasteiger partial charge in [-0.1, -0.05) is 35.9 Å². The first-order valence-electron chi connectivity index (χ1n) is 8.90. The van der Waals surface area contributed by atoms with Gasteiger partial charge in [0, 0.05) is 43.5 Å². The van der Waals surface area contributed by atoms with Crippen LogP contribution in [0.15, 0.2) is 54.6 Å². The van der Waals surface area contributed by atoms with Crippen LogP contribution in [-0.4, -0.2) is 48.1 Å². The van der Waals surface area contributed by atoms with E-state index in [1.807, 2.05) is 60.4 Å². The minimum atomic E-state index is -0.571. The van der Waals surface area contributed by atoms with Crippen molar-refractivity contribution in [3.8, 4) is 0 Å². The molecule has 6 nitrogen and oxygen atoms in total. The predicted octanol–water partition coefficient (Wildman–Crippen LogP) is 2.48. The van der Waals surface area contributed by atoms with Gasteiger partial charge in [-0.2, -0.15) is 0 Å². The SMILES string of the molecule is Cc1cccc(C(=O)N2CCN(c3ccccc3C=CC(=O)NO)CC2)c1. The van der Waals surface area contributed by atoms with Gasteiger partial charge < -0.3 is 9.80 Å². The Morgan fingerprint density at radius 1 is 1.04 bits per heavy atom. The largest absolute Gasteiger partial charge is 0.367 e. The van der Waals surface area contributed by atoms with Crippen LogP contribution in [0.25, 0.3) is 6.08 Å². The maximum absolute atomic E-state index is 12.7. The number of piperazine rings is 1. The van der Waals surface area contributed by atoms with Crippen LogP contribution in [0, 0.1) is 6.92 Å². The van der Waals surface area contributed by atoms with E-state index >= 15 is 0 Å². The van der Waals surface area contributed by atoms with E-state index < -0.39 is 5.91 Å². The highest BCUT2D eigenvalue weighted by atomic mass is 16.5. The van der Waals surface area contributed by atoms with Crippen LogP contribution in [-0.2, 0) is 4.79 Å². The van der Waals surface area contributed by atoms with Crippen LogP contribution >= 0.6 is 0 Å². The Balaban J connectivity index is 1.68. The number of para-hydroxylation sites is 1. The van der Waals surface area contributed by atoms with Crippen molar-refractivity contribution in [1.29, 1.82) is 0 Å². The summed E-state index contributed by atoms with van der Waals surface area (Å²) in [5.74, 6) is -0.510. The van der Waals surface area contributed by atoms with Crippen LogP contribution in [0.3, 0.4) is 0 Å². The zero-order valence-electron chi connectivity index (χ0n) is 15.3. The second kappa shape index (κ2) is 8.51. The second-order valence-corrected chi connectivity index (χ2v) is 6.52. The number of rotatable bonds is 4. The van der Waals surface area contributed by atoms with Gasteiger partial charge in [-0.25, -0.2) is 5.48 Å². The van der Waals surface area contributed by atoms with E-state index in [4.69, 9.17) is 5.21 Å². The molecule has 0 atom stereocenters. The molecule has 0 spiro atoms. The van der Waals surface area contributed by atoms with Crippen LogP contribution < -0.4 is 10.4 Å². The summed E-state index contributed by atoms with van der Waals surface area (Å²) < 4.78 is 0. The van der Waals surface area contributed by atoms with Crippen LogP contribution in [0.2, 0.25) is 0 Å². The Morgan fingerprint density at radius 3 is 2.48 bits per heavy atom. The number of hydroxylamine groups is 1. The minimum absolute atomic E-state index is 0.0612. The summed E-state index contributed by atoms with van der Waals surface area (Å²) in [7, 11) is 0. The third kappa shape index (κ3) is 4.54. The van der Waals surface area contributed by atoms with E-state index in [9.17, 15) is 9.59 Å². The predicted molar refractivity (Wildman–Crippen MR) is 105 cm³/mol. The van der Waals surface area contributed by atoms with Gasteiger partial charge in [-0.05, 0) is 36.8 Å². The number of nitrogens with one attached hydrogen (secondary N) is 1. The molecular weight excluding hydrogens is 342 g/mol. The van der Waals surface area contributed by atoms with Crippen molar-refractivity contribution in [2.45, 2.75) is 6.92 Å². The smallest absolute Gasteiger partial charge is 0.267 e. The van der Waals surface area contributed by atoms with E-state index in [0.717, 1.165) is 22.4 Å². The number of benzene rings is 2. The molecule has 140 valence electrons. The van der Waals surface area contributed by atoms with Gasteiger partial charge in [0.1, 0.15) is 0 Å². The highest BCUT2D eigenvalue weighted by molar-refractivity contribution is 5.94. The molecule has 2 amide bonds. The fourth-order valence-corrected chi connectivity index (χ4v) is 3.23. The van der Waals surface area contributed by atoms with Gasteiger partial charge in [0.15, 0.2) is 0 Å². The first-order chi connectivity index (χ1) is 13.1. The lowest BCUT2D eigenvalue weighted by Gasteiger charge is -2.37. The maximum atomic E-state index is 12.7. The Kier molecular flexibility index (Phi) is 5.88. The van der Waals surface area contributed by atoms with Gasteiger partial charge in [0.25, 0.3) is 11.8 Å². The molecule has 1 fully saturated rings. The fraction of sp³-hybridized carbons (Fsp3) is 0.238. The van der Waals surface area contributed by atoms with E-state index in [0.29, 0.717) is 26.2 Å². The van der Waals surface area contributed by atoms with Gasteiger partial charge in [0.05, 0.1) is 0 Å². The van der Waals surface area contributed by atoms with Gasteiger partial charge in [-0.15, -0.1) is 0 Å². The first-order valence-corrected chi connectivity index (χ1v) is 8.90. The van der Waals surface area contributed by atoms with E-state index in [1.54, 1.807) is 11.6 Å². The number of hydrogen-bond donors (Lipinski definition) is 2. The van der Waals surface area contributed by atoms with Crippen molar-refractivity contribution in [1.82, 2.24) is 10.4 Å². The van der Waals surface area contributed by atoms with Crippen molar-refractivity contribution in [2.75, 3.05) is 31.1 Å². The highest BCUT2D eigenvalue weighted by Gasteiger charge is 2.23. The summed E-state index contributed by atoms with van der Waals surface area (Å²) in [4.78, 5) is 28.0. The number of nitrogens with zero attached hydrogens (tertiary/aromatic N) is 2. The third-order valence-corrected chi connectivity index (χ3v) is 4.63. The zero-order valence-corrected chi connectivity index (χ0v) is 15.3. The Morgan fingerprint density at radius 2 is 1.78 bits per heavy atom. The topological polar surface area (TPSA) is 72.9 Å². The molecule has 1 saturated heterocycles. The fourth-order valence-electron chi connectivity index (χ4n) is 3.23. The average molecular weight is 365 g/mol. The van der Waals surface area contributed by atoms with Gasteiger partial charge in [0.2, 0.25) is 0 Å². The van der Waals surface area contributed by atoms with Gasteiger partial charge >= 0.3 is 0 Å². The lowest BCUT2D eigenvalue weighted by atomic mass is 10.1. The summed E-state index contributed by atoms with van der Waals surface area (Å²) in [5, 5.41) is 8.62. The highest BCUT2D eigenvalue weighted by Crippen LogP contribution is 2.23. The molecule has 0 bridgehead atoms. The van der Waals surface area contributed by atoms with Crippen molar-refractivity contribution in [3.05, 3.63) is 71.3 Å². The number of carbonyl (C=O) groups excluding carboxylic acids is 2. The molecule has 0 aliphatic carbocycles. The summed E-state index contributed by atoms with van der Waals surface area (Å²) >= 11 is 0. The first kappa shape index (κ1) is 18.7. The molecule has 2 N–H and O–H groups in total. The molecule has 1 aliphatic heterocycles. The quantitative estimate of drug-likeness (QED) is 0.496. The molecule has 1 aliphatic rings. The normalized spacial score (nSPS) is 14.4. The van der Waals surface area contributed by atoms with E-state index in [1.165, 1.54) is 6.08 Å². The number of anilines is 1. The van der Waals surface area contributed by atoms with Crippen LogP contribution in [0.1, 0.15) is 21.5 Å². The molecule has 0 saturated carbocycles. The number of hydrogen-bond acceptors (Lipinski definition) is 4. The maximum Gasteiger partial charge on any atom is 0.267 e. The van der Waals surface area contributed by atoms with Crippen molar-refractivity contribution >= 4 is 23.6 Å². The summed E-state index contributed by atoms with van der Waals surface area (Å²) in [6, 6.07) is 15.4. The van der Waals surface area contributed by atoms with Crippen molar-refractivity contribution < 1.29 is 14.8 Å². The lowest BCUT2D eigenvalue weighted by Crippen LogP contribution is -2.49. The summed E-state index contributed by atoms with van der Waals surface area (Å²) in [6.45, 7) is 4.70. The van der Waals surface area contributed by atoms with Crippen molar-refractivity contribution in [3.63, 3.8) is 0 Å². The van der Waals surface area contributed by atoms with Crippen molar-refractivity contribution in [2.24, 2.45) is 0 Å². The average Bonchev–Trinajstić information content (AvgIpc) is 2.72. The molecule has 0 unspecified atom stereocenters. The van der Waals surface area contributed by atoms with Crippen LogP contribution in [0.5, 0.6) is 0 Å². The Bertz CT molecular complexity index is 855. The van der Waals surface area contributed by atoms with E-state index in [-0.39, 0.29) is 5.91 Å². The molecule has 0 aromatic heterocycles. The number of aryl methyl sites for hydroxylation is 1. The lowest BCUT2D eigenvalue weighted by molar-refractivity contribution is -0.124. The molecular formula is C21H23N3O3. The zero-order chi connectivity index (χ0) is 19.2. The third-order valence-electron chi connectivity index (χ3n) is 4.63. The summed E-state index contributed by atoms with van der Waals surface area (Å²) in [6.07, 6.45) is 2.96. The Hall–Kier alpha value is -3.12. The molecule has 6 heteroatoms. The van der Waals surface area contributed by atoms with Crippen LogP contribution in [0.4, 0.5) is 5.69 Å². The Labute approximate surface area is 158 Å². The minimum Gasteiger partial charge on any atom is -0.367 e.